The summed E-state index contributed by atoms with van der Waals surface area (Å²) in [6, 6.07) is 13.4. The lowest BCUT2D eigenvalue weighted by atomic mass is 9.71. The maximum atomic E-state index is 13.5. The van der Waals surface area contributed by atoms with Crippen molar-refractivity contribution in [3.63, 3.8) is 0 Å². The highest BCUT2D eigenvalue weighted by Crippen LogP contribution is 2.51. The number of ether oxygens (including phenoxy) is 2. The van der Waals surface area contributed by atoms with Crippen molar-refractivity contribution in [3.8, 4) is 11.5 Å². The number of Topliss-reactive ketones (excluding diaryl/α,β-unsaturated/α-hetero) is 2. The van der Waals surface area contributed by atoms with E-state index in [1.165, 1.54) is 0 Å². The molecular weight excluding hydrogens is 518 g/mol. The van der Waals surface area contributed by atoms with Crippen LogP contribution in [0.2, 0.25) is 5.02 Å². The van der Waals surface area contributed by atoms with Gasteiger partial charge in [-0.3, -0.25) is 14.4 Å². The summed E-state index contributed by atoms with van der Waals surface area (Å²) in [4.78, 5) is 40.4. The molecule has 1 N–H and O–H groups in total. The number of aliphatic carboxylic acids is 1. The van der Waals surface area contributed by atoms with Crippen LogP contribution in [0, 0.1) is 0 Å². The van der Waals surface area contributed by atoms with Crippen molar-refractivity contribution in [1.82, 2.24) is 4.90 Å². The molecule has 3 aliphatic rings. The molecule has 2 aromatic rings. The summed E-state index contributed by atoms with van der Waals surface area (Å²) in [6.45, 7) is 2.80. The second-order valence-electron chi connectivity index (χ2n) is 10.0. The van der Waals surface area contributed by atoms with Gasteiger partial charge < -0.3 is 19.5 Å². The molecule has 5 rings (SSSR count). The molecule has 8 heteroatoms. The van der Waals surface area contributed by atoms with E-state index in [4.69, 9.17) is 21.1 Å². The number of carbonyl (C=O) groups excluding carboxylic acids is 2. The predicted octanol–water partition coefficient (Wildman–Crippen LogP) is 6.21. The van der Waals surface area contributed by atoms with E-state index in [-0.39, 0.29) is 24.5 Å². The lowest BCUT2D eigenvalue weighted by Crippen LogP contribution is -2.39. The van der Waals surface area contributed by atoms with Gasteiger partial charge >= 0.3 is 5.97 Å². The number of carboxylic acid groups (broad SMARTS) is 1. The molecule has 0 saturated heterocycles. The van der Waals surface area contributed by atoms with E-state index in [2.05, 4.69) is 0 Å². The zero-order valence-electron chi connectivity index (χ0n) is 22.0. The maximum absolute atomic E-state index is 13.5. The number of allylic oxidation sites excluding steroid dienone is 4. The van der Waals surface area contributed by atoms with Gasteiger partial charge in [0.2, 0.25) is 0 Å². The van der Waals surface area contributed by atoms with Crippen LogP contribution in [0.4, 0.5) is 0 Å². The highest BCUT2D eigenvalue weighted by molar-refractivity contribution is 6.32. The smallest absolute Gasteiger partial charge is 0.305 e. The van der Waals surface area contributed by atoms with Gasteiger partial charge in [-0.25, -0.2) is 0 Å². The molecule has 39 heavy (non-hydrogen) atoms. The fraction of sp³-hybridized carbons (Fsp3) is 0.387. The third kappa shape index (κ3) is 5.46. The number of halogens is 1. The van der Waals surface area contributed by atoms with E-state index in [1.807, 2.05) is 48.2 Å². The van der Waals surface area contributed by atoms with Gasteiger partial charge in [-0.2, -0.15) is 0 Å². The molecule has 0 saturated carbocycles. The van der Waals surface area contributed by atoms with E-state index in [9.17, 15) is 19.5 Å². The second-order valence-corrected chi connectivity index (χ2v) is 10.4. The van der Waals surface area contributed by atoms with Crippen LogP contribution in [0.3, 0.4) is 0 Å². The van der Waals surface area contributed by atoms with Crippen molar-refractivity contribution in [2.75, 3.05) is 13.2 Å². The lowest BCUT2D eigenvalue weighted by Gasteiger charge is -2.44. The Morgan fingerprint density at radius 1 is 0.974 bits per heavy atom. The van der Waals surface area contributed by atoms with Gasteiger partial charge in [-0.15, -0.1) is 0 Å². The molecule has 0 atom stereocenters. The molecule has 0 aromatic heterocycles. The minimum absolute atomic E-state index is 0.00927. The Kier molecular flexibility index (Phi) is 8.07. The topological polar surface area (TPSA) is 93.1 Å². The van der Waals surface area contributed by atoms with E-state index < -0.39 is 11.9 Å². The number of nitrogens with zero attached hydrogens (tertiary/aromatic N) is 1. The monoisotopic (exact) mass is 549 g/mol. The van der Waals surface area contributed by atoms with E-state index in [1.54, 1.807) is 6.07 Å². The van der Waals surface area contributed by atoms with E-state index >= 15 is 0 Å². The highest BCUT2D eigenvalue weighted by Gasteiger charge is 2.43. The van der Waals surface area contributed by atoms with Crippen LogP contribution in [-0.4, -0.2) is 40.7 Å². The van der Waals surface area contributed by atoms with Gasteiger partial charge in [-0.1, -0.05) is 41.9 Å². The van der Waals surface area contributed by atoms with Crippen LogP contribution in [0.1, 0.15) is 68.9 Å². The molecule has 7 nitrogen and oxygen atoms in total. The van der Waals surface area contributed by atoms with Gasteiger partial charge in [0.1, 0.15) is 6.61 Å². The summed E-state index contributed by atoms with van der Waals surface area (Å²) in [5, 5.41) is 9.73. The van der Waals surface area contributed by atoms with Crippen molar-refractivity contribution in [1.29, 1.82) is 0 Å². The zero-order chi connectivity index (χ0) is 27.5. The van der Waals surface area contributed by atoms with Gasteiger partial charge in [0.25, 0.3) is 0 Å². The molecule has 0 bridgehead atoms. The van der Waals surface area contributed by atoms with Gasteiger partial charge in [-0.05, 0) is 55.9 Å². The van der Waals surface area contributed by atoms with Gasteiger partial charge in [0.15, 0.2) is 23.1 Å². The van der Waals surface area contributed by atoms with Crippen molar-refractivity contribution >= 4 is 29.1 Å². The summed E-state index contributed by atoms with van der Waals surface area (Å²) in [7, 11) is 0. The Hall–Kier alpha value is -3.58. The Bertz CT molecular complexity index is 1320. The fourth-order valence-electron chi connectivity index (χ4n) is 5.91. The normalized spacial score (nSPS) is 17.7. The molecule has 2 aromatic carbocycles. The first-order valence-corrected chi connectivity index (χ1v) is 13.9. The SMILES string of the molecule is CCOc1cc(C2C3=C(CCCC3=O)N(CCC(=O)O)C3=C2C(=O)CCC3)cc(Cl)c1OCc1ccccc1. The van der Waals surface area contributed by atoms with Gasteiger partial charge in [0.05, 0.1) is 18.1 Å². The lowest BCUT2D eigenvalue weighted by molar-refractivity contribution is -0.137. The van der Waals surface area contributed by atoms with Crippen LogP contribution in [0.25, 0.3) is 0 Å². The Labute approximate surface area is 233 Å². The summed E-state index contributed by atoms with van der Waals surface area (Å²) in [5.74, 6) is -0.630. The summed E-state index contributed by atoms with van der Waals surface area (Å²) >= 11 is 6.81. The third-order valence-electron chi connectivity index (χ3n) is 7.53. The minimum atomic E-state index is -0.912. The van der Waals surface area contributed by atoms with E-state index in [0.29, 0.717) is 85.0 Å². The fourth-order valence-corrected chi connectivity index (χ4v) is 6.19. The zero-order valence-corrected chi connectivity index (χ0v) is 22.8. The Balaban J connectivity index is 1.61. The molecular formula is C31H32ClNO6. The number of hydrogen-bond donors (Lipinski definition) is 1. The Morgan fingerprint density at radius 2 is 1.62 bits per heavy atom. The molecule has 0 fully saturated rings. The first kappa shape index (κ1) is 27.0. The van der Waals surface area contributed by atoms with Crippen LogP contribution in [0.15, 0.2) is 65.0 Å². The summed E-state index contributed by atoms with van der Waals surface area (Å²) in [6.07, 6.45) is 3.42. The Morgan fingerprint density at radius 3 is 2.21 bits per heavy atom. The van der Waals surface area contributed by atoms with Crippen LogP contribution >= 0.6 is 11.6 Å². The first-order chi connectivity index (χ1) is 18.9. The van der Waals surface area contributed by atoms with Crippen LogP contribution in [-0.2, 0) is 21.0 Å². The predicted molar refractivity (Wildman–Crippen MR) is 147 cm³/mol. The molecule has 204 valence electrons. The molecule has 0 amide bonds. The average Bonchev–Trinajstić information content (AvgIpc) is 2.92. The van der Waals surface area contributed by atoms with Crippen molar-refractivity contribution in [2.45, 2.75) is 64.4 Å². The van der Waals surface area contributed by atoms with E-state index in [0.717, 1.165) is 17.0 Å². The second kappa shape index (κ2) is 11.7. The molecule has 0 spiro atoms. The number of hydrogen-bond acceptors (Lipinski definition) is 6. The number of benzene rings is 2. The molecule has 0 radical (unpaired) electrons. The standard InChI is InChI=1S/C31H32ClNO6/c1-2-38-26-17-20(16-21(32)31(26)39-18-19-8-4-3-5-9-19)28-29-22(10-6-12-24(29)34)33(15-14-27(36)37)23-11-7-13-25(35)30(23)28/h3-5,8-9,16-17,28H,2,6-7,10-15,18H2,1H3,(H,36,37). The minimum Gasteiger partial charge on any atom is -0.490 e. The number of carboxylic acids is 1. The summed E-state index contributed by atoms with van der Waals surface area (Å²) < 4.78 is 12.1. The van der Waals surface area contributed by atoms with Crippen LogP contribution in [0.5, 0.6) is 11.5 Å². The highest BCUT2D eigenvalue weighted by atomic mass is 35.5. The average molecular weight is 550 g/mol. The molecule has 1 aliphatic heterocycles. The molecule has 1 heterocycles. The van der Waals surface area contributed by atoms with Crippen molar-refractivity contribution < 1.29 is 29.0 Å². The number of ketones is 2. The maximum Gasteiger partial charge on any atom is 0.305 e. The largest absolute Gasteiger partial charge is 0.490 e. The molecule has 2 aliphatic carbocycles. The number of carbonyl (C=O) groups is 3. The van der Waals surface area contributed by atoms with Crippen LogP contribution < -0.4 is 9.47 Å². The quantitative estimate of drug-likeness (QED) is 0.397. The van der Waals surface area contributed by atoms with Crippen molar-refractivity contribution in [3.05, 3.63) is 81.2 Å². The third-order valence-corrected chi connectivity index (χ3v) is 7.81. The summed E-state index contributed by atoms with van der Waals surface area (Å²) in [5.41, 5.74) is 4.53. The molecule has 0 unspecified atom stereocenters. The van der Waals surface area contributed by atoms with Gasteiger partial charge in [0, 0.05) is 47.8 Å². The first-order valence-electron chi connectivity index (χ1n) is 13.5. The number of rotatable bonds is 9. The van der Waals surface area contributed by atoms with Crippen molar-refractivity contribution in [2.24, 2.45) is 0 Å².